The van der Waals surface area contributed by atoms with Crippen molar-refractivity contribution in [1.82, 2.24) is 14.8 Å². The fraction of sp³-hybridized carbons (Fsp3) is 0.273. The van der Waals surface area contributed by atoms with Crippen LogP contribution in [0, 0.1) is 0 Å². The predicted molar refractivity (Wildman–Crippen MR) is 62.1 cm³/mol. The molecule has 5 nitrogen and oxygen atoms in total. The maximum Gasteiger partial charge on any atom is 0.165 e. The van der Waals surface area contributed by atoms with Crippen molar-refractivity contribution >= 4 is 5.69 Å². The van der Waals surface area contributed by atoms with Crippen molar-refractivity contribution in [3.63, 3.8) is 0 Å². The number of anilines is 1. The van der Waals surface area contributed by atoms with Crippen molar-refractivity contribution in [3.05, 3.63) is 24.5 Å². The predicted octanol–water partition coefficient (Wildman–Crippen LogP) is 1.56. The van der Waals surface area contributed by atoms with Crippen molar-refractivity contribution in [2.75, 3.05) is 12.8 Å². The van der Waals surface area contributed by atoms with Gasteiger partial charge in [-0.15, -0.1) is 10.2 Å². The van der Waals surface area contributed by atoms with E-state index in [1.54, 1.807) is 13.4 Å². The molecule has 0 saturated carbocycles. The number of methoxy groups -OCH3 is 1. The van der Waals surface area contributed by atoms with E-state index in [0.717, 1.165) is 23.7 Å². The van der Waals surface area contributed by atoms with Gasteiger partial charge in [0.15, 0.2) is 5.82 Å². The lowest BCUT2D eigenvalue weighted by molar-refractivity contribution is 0.415. The molecule has 1 aromatic carbocycles. The summed E-state index contributed by atoms with van der Waals surface area (Å²) in [6, 6.07) is 5.50. The number of aryl methyl sites for hydroxylation is 1. The van der Waals surface area contributed by atoms with E-state index in [-0.39, 0.29) is 0 Å². The third-order valence-corrected chi connectivity index (χ3v) is 2.46. The van der Waals surface area contributed by atoms with Crippen LogP contribution in [0.15, 0.2) is 24.5 Å². The second-order valence-electron chi connectivity index (χ2n) is 3.39. The Morgan fingerprint density at radius 1 is 1.44 bits per heavy atom. The monoisotopic (exact) mass is 218 g/mol. The molecule has 2 aromatic rings. The van der Waals surface area contributed by atoms with Gasteiger partial charge in [0.05, 0.1) is 7.11 Å². The average Bonchev–Trinajstić information content (AvgIpc) is 2.77. The van der Waals surface area contributed by atoms with E-state index in [0.29, 0.717) is 5.69 Å². The summed E-state index contributed by atoms with van der Waals surface area (Å²) in [6.07, 6.45) is 1.69. The molecule has 2 rings (SSSR count). The van der Waals surface area contributed by atoms with Crippen molar-refractivity contribution in [1.29, 1.82) is 0 Å². The quantitative estimate of drug-likeness (QED) is 0.794. The molecule has 0 aliphatic heterocycles. The van der Waals surface area contributed by atoms with E-state index in [9.17, 15) is 0 Å². The lowest BCUT2D eigenvalue weighted by atomic mass is 10.1. The van der Waals surface area contributed by atoms with E-state index < -0.39 is 0 Å². The molecule has 0 amide bonds. The summed E-state index contributed by atoms with van der Waals surface area (Å²) in [5.74, 6) is 1.52. The second kappa shape index (κ2) is 4.22. The van der Waals surface area contributed by atoms with Gasteiger partial charge in [0, 0.05) is 17.8 Å². The Morgan fingerprint density at radius 2 is 2.25 bits per heavy atom. The van der Waals surface area contributed by atoms with Gasteiger partial charge >= 0.3 is 0 Å². The Morgan fingerprint density at radius 3 is 2.94 bits per heavy atom. The van der Waals surface area contributed by atoms with E-state index in [1.807, 2.05) is 29.7 Å². The van der Waals surface area contributed by atoms with Gasteiger partial charge in [-0.05, 0) is 25.1 Å². The molecule has 2 N–H and O–H groups in total. The van der Waals surface area contributed by atoms with E-state index >= 15 is 0 Å². The smallest absolute Gasteiger partial charge is 0.165 e. The summed E-state index contributed by atoms with van der Waals surface area (Å²) < 4.78 is 7.10. The van der Waals surface area contributed by atoms with Crippen LogP contribution in [0.4, 0.5) is 5.69 Å². The van der Waals surface area contributed by atoms with Crippen molar-refractivity contribution in [2.45, 2.75) is 13.5 Å². The molecule has 1 heterocycles. The minimum atomic E-state index is 0.670. The maximum atomic E-state index is 5.92. The lowest BCUT2D eigenvalue weighted by Crippen LogP contribution is -1.99. The number of hydrogen-bond acceptors (Lipinski definition) is 4. The van der Waals surface area contributed by atoms with Gasteiger partial charge in [-0.25, -0.2) is 0 Å². The molecule has 0 aliphatic rings. The van der Waals surface area contributed by atoms with E-state index in [2.05, 4.69) is 10.2 Å². The van der Waals surface area contributed by atoms with E-state index in [1.165, 1.54) is 0 Å². The molecule has 0 saturated heterocycles. The molecule has 0 bridgehead atoms. The fourth-order valence-corrected chi connectivity index (χ4v) is 1.55. The molecule has 5 heteroatoms. The molecule has 0 atom stereocenters. The zero-order valence-electron chi connectivity index (χ0n) is 9.34. The van der Waals surface area contributed by atoms with Gasteiger partial charge in [0.2, 0.25) is 0 Å². The lowest BCUT2D eigenvalue weighted by Gasteiger charge is -2.08. The maximum absolute atomic E-state index is 5.92. The summed E-state index contributed by atoms with van der Waals surface area (Å²) in [6.45, 7) is 2.84. The van der Waals surface area contributed by atoms with Crippen LogP contribution in [0.3, 0.4) is 0 Å². The number of aromatic nitrogens is 3. The van der Waals surface area contributed by atoms with Crippen LogP contribution in [-0.2, 0) is 6.54 Å². The molecule has 0 fully saturated rings. The van der Waals surface area contributed by atoms with Crippen LogP contribution >= 0.6 is 0 Å². The van der Waals surface area contributed by atoms with Crippen molar-refractivity contribution in [2.24, 2.45) is 0 Å². The Balaban J connectivity index is 2.54. The number of benzene rings is 1. The SMILES string of the molecule is CCn1cnnc1-c1cc(OC)ccc1N. The number of ether oxygens (including phenoxy) is 1. The second-order valence-corrected chi connectivity index (χ2v) is 3.39. The number of nitrogens with two attached hydrogens (primary N) is 1. The highest BCUT2D eigenvalue weighted by atomic mass is 16.5. The zero-order valence-corrected chi connectivity index (χ0v) is 9.34. The van der Waals surface area contributed by atoms with Gasteiger partial charge in [0.25, 0.3) is 0 Å². The Hall–Kier alpha value is -2.04. The summed E-state index contributed by atoms with van der Waals surface area (Å²) >= 11 is 0. The fourth-order valence-electron chi connectivity index (χ4n) is 1.55. The molecular weight excluding hydrogens is 204 g/mol. The van der Waals surface area contributed by atoms with Crippen LogP contribution in [0.25, 0.3) is 11.4 Å². The van der Waals surface area contributed by atoms with Crippen molar-refractivity contribution < 1.29 is 4.74 Å². The van der Waals surface area contributed by atoms with Crippen molar-refractivity contribution in [3.8, 4) is 17.1 Å². The molecular formula is C11H14N4O. The number of nitrogen functional groups attached to an aromatic ring is 1. The van der Waals surface area contributed by atoms with Gasteiger partial charge in [-0.3, -0.25) is 0 Å². The highest BCUT2D eigenvalue weighted by Crippen LogP contribution is 2.28. The zero-order chi connectivity index (χ0) is 11.5. The summed E-state index contributed by atoms with van der Waals surface area (Å²) in [5, 5.41) is 7.95. The first-order chi connectivity index (χ1) is 7.76. The highest BCUT2D eigenvalue weighted by Gasteiger charge is 2.10. The number of nitrogens with zero attached hydrogens (tertiary/aromatic N) is 3. The highest BCUT2D eigenvalue weighted by molar-refractivity contribution is 5.73. The Kier molecular flexibility index (Phi) is 2.76. The third-order valence-electron chi connectivity index (χ3n) is 2.46. The van der Waals surface area contributed by atoms with Crippen LogP contribution in [0.1, 0.15) is 6.92 Å². The van der Waals surface area contributed by atoms with Gasteiger partial charge < -0.3 is 15.0 Å². The average molecular weight is 218 g/mol. The Labute approximate surface area is 93.9 Å². The molecule has 0 aliphatic carbocycles. The van der Waals surface area contributed by atoms with Gasteiger partial charge in [0.1, 0.15) is 12.1 Å². The standard InChI is InChI=1S/C11H14N4O/c1-3-15-7-13-14-11(15)9-6-8(16-2)4-5-10(9)12/h4-7H,3,12H2,1-2H3. The molecule has 16 heavy (non-hydrogen) atoms. The van der Waals surface area contributed by atoms with Crippen LogP contribution in [0.2, 0.25) is 0 Å². The summed E-state index contributed by atoms with van der Waals surface area (Å²) in [7, 11) is 1.62. The molecule has 84 valence electrons. The van der Waals surface area contributed by atoms with Gasteiger partial charge in [-0.2, -0.15) is 0 Å². The van der Waals surface area contributed by atoms with Crippen LogP contribution < -0.4 is 10.5 Å². The Bertz CT molecular complexity index is 492. The first-order valence-corrected chi connectivity index (χ1v) is 5.08. The topological polar surface area (TPSA) is 66.0 Å². The van der Waals surface area contributed by atoms with Crippen LogP contribution in [-0.4, -0.2) is 21.9 Å². The molecule has 0 unspecified atom stereocenters. The van der Waals surface area contributed by atoms with Gasteiger partial charge in [-0.1, -0.05) is 0 Å². The minimum absolute atomic E-state index is 0.670. The first kappa shape index (κ1) is 10.5. The van der Waals surface area contributed by atoms with E-state index in [4.69, 9.17) is 10.5 Å². The molecule has 1 aromatic heterocycles. The number of hydrogen-bond donors (Lipinski definition) is 1. The first-order valence-electron chi connectivity index (χ1n) is 5.08. The third kappa shape index (κ3) is 1.71. The summed E-state index contributed by atoms with van der Waals surface area (Å²) in [4.78, 5) is 0. The molecule has 0 radical (unpaired) electrons. The number of rotatable bonds is 3. The van der Waals surface area contributed by atoms with Crippen LogP contribution in [0.5, 0.6) is 5.75 Å². The minimum Gasteiger partial charge on any atom is -0.497 e. The summed E-state index contributed by atoms with van der Waals surface area (Å²) in [5.41, 5.74) is 7.44. The normalized spacial score (nSPS) is 10.4. The largest absolute Gasteiger partial charge is 0.497 e. The molecule has 0 spiro atoms.